The van der Waals surface area contributed by atoms with Crippen molar-refractivity contribution >= 4 is 18.0 Å². The van der Waals surface area contributed by atoms with Crippen LogP contribution in [0.2, 0.25) is 0 Å². The van der Waals surface area contributed by atoms with Crippen LogP contribution in [0.4, 0.5) is 0 Å². The molecular weight excluding hydrogens is 364 g/mol. The van der Waals surface area contributed by atoms with E-state index in [0.29, 0.717) is 38.8 Å². The molecule has 0 bridgehead atoms. The van der Waals surface area contributed by atoms with Crippen molar-refractivity contribution in [1.29, 1.82) is 0 Å². The lowest BCUT2D eigenvalue weighted by Gasteiger charge is -2.41. The van der Waals surface area contributed by atoms with E-state index in [4.69, 9.17) is 5.73 Å². The maximum atomic E-state index is 13.2. The summed E-state index contributed by atoms with van der Waals surface area (Å²) in [7, 11) is 0. The van der Waals surface area contributed by atoms with E-state index in [1.165, 1.54) is 0 Å². The first kappa shape index (κ1) is 22.8. The molecule has 1 aliphatic heterocycles. The Morgan fingerprint density at radius 1 is 1.24 bits per heavy atom. The number of likely N-dealkylation sites (tertiary alicyclic amines) is 1. The molecule has 0 radical (unpaired) electrons. The summed E-state index contributed by atoms with van der Waals surface area (Å²) >= 11 is 0. The zero-order valence-electron chi connectivity index (χ0n) is 18.0. The maximum Gasteiger partial charge on any atom is 0.236 e. The summed E-state index contributed by atoms with van der Waals surface area (Å²) in [5, 5.41) is 0. The van der Waals surface area contributed by atoms with E-state index >= 15 is 0 Å². The van der Waals surface area contributed by atoms with Gasteiger partial charge in [0.05, 0.1) is 6.54 Å². The fourth-order valence-corrected chi connectivity index (χ4v) is 4.55. The predicted molar refractivity (Wildman–Crippen MR) is 114 cm³/mol. The molecule has 1 aromatic carbocycles. The number of aldehydes is 1. The van der Waals surface area contributed by atoms with E-state index < -0.39 is 0 Å². The van der Waals surface area contributed by atoms with E-state index in [1.54, 1.807) is 4.90 Å². The second-order valence-electron chi connectivity index (χ2n) is 8.22. The van der Waals surface area contributed by atoms with Crippen LogP contribution in [0.25, 0.3) is 0 Å². The molecule has 1 fully saturated rings. The maximum absolute atomic E-state index is 13.2. The number of nitrogens with two attached hydrogens (primary N) is 1. The molecule has 0 aromatic heterocycles. The minimum Gasteiger partial charge on any atom is -0.342 e. The van der Waals surface area contributed by atoms with Gasteiger partial charge in [0.2, 0.25) is 5.91 Å². The lowest BCUT2D eigenvalue weighted by Crippen LogP contribution is -2.46. The summed E-state index contributed by atoms with van der Waals surface area (Å²) in [4.78, 5) is 38.2. The minimum absolute atomic E-state index is 0.00635. The second-order valence-corrected chi connectivity index (χ2v) is 8.22. The largest absolute Gasteiger partial charge is 0.342 e. The molecule has 1 aliphatic rings. The van der Waals surface area contributed by atoms with Gasteiger partial charge in [-0.1, -0.05) is 12.8 Å². The third-order valence-electron chi connectivity index (χ3n) is 6.20. The van der Waals surface area contributed by atoms with E-state index in [9.17, 15) is 14.4 Å². The van der Waals surface area contributed by atoms with Crippen LogP contribution in [-0.2, 0) is 14.4 Å². The van der Waals surface area contributed by atoms with Gasteiger partial charge in [0.15, 0.2) is 0 Å². The van der Waals surface area contributed by atoms with Gasteiger partial charge >= 0.3 is 0 Å². The highest BCUT2D eigenvalue weighted by atomic mass is 16.2. The summed E-state index contributed by atoms with van der Waals surface area (Å²) in [5.41, 5.74) is 9.24. The average Bonchev–Trinajstić information content (AvgIpc) is 2.67. The molecule has 1 amide bonds. The normalized spacial score (nSPS) is 16.5. The molecule has 1 atom stereocenters. The first-order chi connectivity index (χ1) is 13.8. The molecule has 5 nitrogen and oxygen atoms in total. The Kier molecular flexibility index (Phi) is 7.75. The third kappa shape index (κ3) is 5.33. The van der Waals surface area contributed by atoms with Crippen LogP contribution >= 0.6 is 0 Å². The summed E-state index contributed by atoms with van der Waals surface area (Å²) in [5.74, 6) is 5.81. The lowest BCUT2D eigenvalue weighted by molar-refractivity contribution is -0.133. The van der Waals surface area contributed by atoms with Crippen molar-refractivity contribution in [1.82, 2.24) is 4.90 Å². The standard InChI is InChI=1S/C24H32N2O3/c1-5-6-20-13-17(2)23(18(3)14-20)19(4)21(28)15-24(9-12-27)7-10-26(11-8-24)22(29)16-25/h12-14,19H,7-11,15-16,25H2,1-4H3. The number of hydrogen-bond donors (Lipinski definition) is 1. The molecule has 1 heterocycles. The van der Waals surface area contributed by atoms with Gasteiger partial charge in [-0.15, -0.1) is 5.92 Å². The number of carbonyl (C=O) groups excluding carboxylic acids is 3. The summed E-state index contributed by atoms with van der Waals surface area (Å²) < 4.78 is 0. The Morgan fingerprint density at radius 3 is 2.31 bits per heavy atom. The first-order valence-corrected chi connectivity index (χ1v) is 10.2. The number of benzene rings is 1. The molecule has 156 valence electrons. The van der Waals surface area contributed by atoms with E-state index in [-0.39, 0.29) is 29.6 Å². The first-order valence-electron chi connectivity index (χ1n) is 10.2. The molecule has 0 saturated carbocycles. The van der Waals surface area contributed by atoms with E-state index in [0.717, 1.165) is 28.5 Å². The van der Waals surface area contributed by atoms with E-state index in [1.807, 2.05) is 39.8 Å². The van der Waals surface area contributed by atoms with Crippen molar-refractivity contribution in [3.63, 3.8) is 0 Å². The number of amides is 1. The summed E-state index contributed by atoms with van der Waals surface area (Å²) in [6.07, 6.45) is 2.91. The Hall–Kier alpha value is -2.45. The molecule has 0 spiro atoms. The van der Waals surface area contributed by atoms with Gasteiger partial charge < -0.3 is 15.4 Å². The summed E-state index contributed by atoms with van der Waals surface area (Å²) in [6, 6.07) is 4.06. The smallest absolute Gasteiger partial charge is 0.236 e. The molecule has 1 saturated heterocycles. The quantitative estimate of drug-likeness (QED) is 0.568. The highest BCUT2D eigenvalue weighted by molar-refractivity contribution is 5.87. The third-order valence-corrected chi connectivity index (χ3v) is 6.20. The number of carbonyl (C=O) groups is 3. The van der Waals surface area contributed by atoms with Crippen LogP contribution in [0.3, 0.4) is 0 Å². The number of rotatable bonds is 7. The van der Waals surface area contributed by atoms with Gasteiger partial charge in [0, 0.05) is 37.4 Å². The highest BCUT2D eigenvalue weighted by Gasteiger charge is 2.38. The van der Waals surface area contributed by atoms with E-state index in [2.05, 4.69) is 11.8 Å². The lowest BCUT2D eigenvalue weighted by atomic mass is 9.70. The van der Waals surface area contributed by atoms with Crippen LogP contribution in [0, 0.1) is 31.1 Å². The Labute approximate surface area is 174 Å². The molecular formula is C24H32N2O3. The van der Waals surface area contributed by atoms with Crippen molar-refractivity contribution in [2.24, 2.45) is 11.1 Å². The van der Waals surface area contributed by atoms with Crippen LogP contribution in [0.1, 0.15) is 67.7 Å². The van der Waals surface area contributed by atoms with Crippen molar-refractivity contribution in [2.45, 2.75) is 59.3 Å². The fraction of sp³-hybridized carbons (Fsp3) is 0.542. The Bertz CT molecular complexity index is 816. The summed E-state index contributed by atoms with van der Waals surface area (Å²) in [6.45, 7) is 8.89. The Morgan fingerprint density at radius 2 is 1.83 bits per heavy atom. The zero-order chi connectivity index (χ0) is 21.6. The van der Waals surface area contributed by atoms with Crippen LogP contribution < -0.4 is 5.73 Å². The van der Waals surface area contributed by atoms with Gasteiger partial charge in [-0.25, -0.2) is 0 Å². The Balaban J connectivity index is 2.19. The minimum atomic E-state index is -0.367. The second kappa shape index (κ2) is 9.84. The topological polar surface area (TPSA) is 80.5 Å². The number of aryl methyl sites for hydroxylation is 2. The number of Topliss-reactive ketones (excluding diaryl/α,β-unsaturated/α-hetero) is 1. The van der Waals surface area contributed by atoms with Crippen molar-refractivity contribution in [3.05, 3.63) is 34.4 Å². The van der Waals surface area contributed by atoms with Crippen molar-refractivity contribution < 1.29 is 14.4 Å². The van der Waals surface area contributed by atoms with Gasteiger partial charge in [0.1, 0.15) is 12.1 Å². The number of piperidine rings is 1. The van der Waals surface area contributed by atoms with Crippen molar-refractivity contribution in [2.75, 3.05) is 19.6 Å². The van der Waals surface area contributed by atoms with Crippen LogP contribution in [0.15, 0.2) is 12.1 Å². The average molecular weight is 397 g/mol. The van der Waals surface area contributed by atoms with Gasteiger partial charge in [-0.3, -0.25) is 9.59 Å². The fourth-order valence-electron chi connectivity index (χ4n) is 4.55. The van der Waals surface area contributed by atoms with Gasteiger partial charge in [-0.2, -0.15) is 0 Å². The monoisotopic (exact) mass is 396 g/mol. The number of hydrogen-bond acceptors (Lipinski definition) is 4. The number of nitrogens with zero attached hydrogens (tertiary/aromatic N) is 1. The number of ketones is 1. The zero-order valence-corrected chi connectivity index (χ0v) is 18.0. The molecule has 2 N–H and O–H groups in total. The molecule has 1 aromatic rings. The molecule has 29 heavy (non-hydrogen) atoms. The van der Waals surface area contributed by atoms with Gasteiger partial charge in [-0.05, 0) is 67.9 Å². The molecule has 2 rings (SSSR count). The molecule has 1 unspecified atom stereocenters. The molecule has 0 aliphatic carbocycles. The highest BCUT2D eigenvalue weighted by Crippen LogP contribution is 2.40. The van der Waals surface area contributed by atoms with Gasteiger partial charge in [0.25, 0.3) is 0 Å². The van der Waals surface area contributed by atoms with Crippen LogP contribution in [-0.4, -0.2) is 42.5 Å². The predicted octanol–water partition coefficient (Wildman–Crippen LogP) is 2.89. The molecule has 5 heteroatoms. The van der Waals surface area contributed by atoms with Crippen LogP contribution in [0.5, 0.6) is 0 Å². The SMILES string of the molecule is CC#Cc1cc(C)c(C(C)C(=O)CC2(CC=O)CCN(C(=O)CN)CC2)c(C)c1. The van der Waals surface area contributed by atoms with Crippen molar-refractivity contribution in [3.8, 4) is 11.8 Å².